The van der Waals surface area contributed by atoms with Crippen LogP contribution in [-0.2, 0) is 6.42 Å². The van der Waals surface area contributed by atoms with Crippen molar-refractivity contribution < 1.29 is 4.39 Å². The number of hydrogen-bond donors (Lipinski definition) is 0. The molecule has 0 saturated heterocycles. The van der Waals surface area contributed by atoms with E-state index in [4.69, 9.17) is 11.6 Å². The molecule has 0 aliphatic carbocycles. The number of halogens is 3. The number of aromatic nitrogens is 2. The second-order valence-corrected chi connectivity index (χ2v) is 6.08. The summed E-state index contributed by atoms with van der Waals surface area (Å²) in [4.78, 5) is 4.54. The van der Waals surface area contributed by atoms with Gasteiger partial charge in [0, 0.05) is 22.8 Å². The normalized spacial score (nSPS) is 11.2. The van der Waals surface area contributed by atoms with Crippen LogP contribution in [0.2, 0.25) is 0 Å². The van der Waals surface area contributed by atoms with Crippen LogP contribution in [0.1, 0.15) is 11.4 Å². The molecule has 2 aromatic carbocycles. The van der Waals surface area contributed by atoms with E-state index in [-0.39, 0.29) is 5.82 Å². The first-order valence-electron chi connectivity index (χ1n) is 6.60. The van der Waals surface area contributed by atoms with E-state index >= 15 is 0 Å². The van der Waals surface area contributed by atoms with E-state index in [2.05, 4.69) is 20.9 Å². The highest BCUT2D eigenvalue weighted by molar-refractivity contribution is 9.10. The van der Waals surface area contributed by atoms with Crippen LogP contribution in [-0.4, -0.2) is 15.4 Å². The van der Waals surface area contributed by atoms with Crippen LogP contribution in [0.4, 0.5) is 4.39 Å². The van der Waals surface area contributed by atoms with Crippen LogP contribution in [0.3, 0.4) is 0 Å². The first-order chi connectivity index (χ1) is 10.1. The zero-order valence-corrected chi connectivity index (χ0v) is 13.7. The minimum atomic E-state index is -0.239. The van der Waals surface area contributed by atoms with E-state index in [0.717, 1.165) is 21.5 Å². The van der Waals surface area contributed by atoms with Crippen molar-refractivity contribution in [1.82, 2.24) is 9.55 Å². The third kappa shape index (κ3) is 2.58. The molecule has 1 aromatic heterocycles. The predicted molar refractivity (Wildman–Crippen MR) is 87.9 cm³/mol. The van der Waals surface area contributed by atoms with Gasteiger partial charge in [0.2, 0.25) is 0 Å². The van der Waals surface area contributed by atoms with Crippen molar-refractivity contribution in [3.8, 4) is 5.69 Å². The fourth-order valence-electron chi connectivity index (χ4n) is 2.41. The Labute approximate surface area is 135 Å². The average molecular weight is 368 g/mol. The number of imidazole rings is 1. The number of para-hydroxylation sites is 1. The summed E-state index contributed by atoms with van der Waals surface area (Å²) in [5.41, 5.74) is 3.12. The summed E-state index contributed by atoms with van der Waals surface area (Å²) >= 11 is 9.45. The summed E-state index contributed by atoms with van der Waals surface area (Å²) in [6, 6.07) is 11.2. The smallest absolute Gasteiger partial charge is 0.128 e. The zero-order valence-electron chi connectivity index (χ0n) is 11.4. The Morgan fingerprint density at radius 1 is 1.29 bits per heavy atom. The Hall–Kier alpha value is -1.39. The molecule has 108 valence electrons. The van der Waals surface area contributed by atoms with E-state index in [1.807, 2.05) is 34.9 Å². The second kappa shape index (κ2) is 5.78. The van der Waals surface area contributed by atoms with Gasteiger partial charge >= 0.3 is 0 Å². The van der Waals surface area contributed by atoms with Crippen molar-refractivity contribution in [1.29, 1.82) is 0 Å². The number of rotatable bonds is 3. The minimum Gasteiger partial charge on any atom is -0.295 e. The third-order valence-corrected chi connectivity index (χ3v) is 4.28. The van der Waals surface area contributed by atoms with Gasteiger partial charge in [-0.05, 0) is 46.6 Å². The molecular weight excluding hydrogens is 355 g/mol. The summed E-state index contributed by atoms with van der Waals surface area (Å²) in [7, 11) is 0. The lowest BCUT2D eigenvalue weighted by atomic mass is 10.2. The molecule has 5 heteroatoms. The van der Waals surface area contributed by atoms with E-state index in [0.29, 0.717) is 23.4 Å². The summed E-state index contributed by atoms with van der Waals surface area (Å²) < 4.78 is 16.8. The molecule has 0 fully saturated rings. The zero-order chi connectivity index (χ0) is 15.0. The highest BCUT2D eigenvalue weighted by Gasteiger charge is 2.15. The van der Waals surface area contributed by atoms with Gasteiger partial charge in [-0.25, -0.2) is 9.37 Å². The van der Waals surface area contributed by atoms with Gasteiger partial charge in [-0.3, -0.25) is 4.57 Å². The molecule has 0 N–H and O–H groups in total. The predicted octanol–water partition coefficient (Wildman–Crippen LogP) is 5.02. The van der Waals surface area contributed by atoms with Crippen LogP contribution < -0.4 is 0 Å². The molecule has 0 aliphatic rings. The van der Waals surface area contributed by atoms with Crippen LogP contribution in [0.5, 0.6) is 0 Å². The SMILES string of the molecule is Cc1cc2c(cc1F)nc(CCCl)n2-c1ccccc1Br. The van der Waals surface area contributed by atoms with Crippen molar-refractivity contribution in [2.45, 2.75) is 13.3 Å². The molecular formula is C16H13BrClFN2. The maximum Gasteiger partial charge on any atom is 0.128 e. The van der Waals surface area contributed by atoms with E-state index < -0.39 is 0 Å². The topological polar surface area (TPSA) is 17.8 Å². The lowest BCUT2D eigenvalue weighted by Gasteiger charge is -2.11. The number of benzene rings is 2. The molecule has 0 spiro atoms. The fraction of sp³-hybridized carbons (Fsp3) is 0.188. The Balaban J connectivity index is 2.35. The second-order valence-electron chi connectivity index (χ2n) is 4.84. The molecule has 0 radical (unpaired) electrons. The molecule has 21 heavy (non-hydrogen) atoms. The summed E-state index contributed by atoms with van der Waals surface area (Å²) in [5, 5.41) is 0. The number of fused-ring (bicyclic) bond motifs is 1. The van der Waals surface area contributed by atoms with Gasteiger partial charge in [-0.15, -0.1) is 11.6 Å². The molecule has 2 nitrogen and oxygen atoms in total. The van der Waals surface area contributed by atoms with Crippen LogP contribution in [0, 0.1) is 12.7 Å². The van der Waals surface area contributed by atoms with E-state index in [9.17, 15) is 4.39 Å². The number of alkyl halides is 1. The monoisotopic (exact) mass is 366 g/mol. The van der Waals surface area contributed by atoms with Gasteiger partial charge in [0.15, 0.2) is 0 Å². The van der Waals surface area contributed by atoms with E-state index in [1.165, 1.54) is 6.07 Å². The molecule has 0 amide bonds. The fourth-order valence-corrected chi connectivity index (χ4v) is 3.04. The maximum absolute atomic E-state index is 13.8. The lowest BCUT2D eigenvalue weighted by molar-refractivity contribution is 0.620. The minimum absolute atomic E-state index is 0.239. The number of nitrogens with zero attached hydrogens (tertiary/aromatic N) is 2. The summed E-state index contributed by atoms with van der Waals surface area (Å²) in [6.07, 6.45) is 0.623. The third-order valence-electron chi connectivity index (χ3n) is 3.42. The molecule has 3 rings (SSSR count). The van der Waals surface area contributed by atoms with Gasteiger partial charge in [0.05, 0.1) is 16.7 Å². The van der Waals surface area contributed by atoms with Crippen molar-refractivity contribution in [2.75, 3.05) is 5.88 Å². The van der Waals surface area contributed by atoms with Gasteiger partial charge < -0.3 is 0 Å². The molecule has 0 bridgehead atoms. The molecule has 0 aliphatic heterocycles. The Bertz CT molecular complexity index is 813. The van der Waals surface area contributed by atoms with Crippen LogP contribution in [0.25, 0.3) is 16.7 Å². The van der Waals surface area contributed by atoms with Crippen molar-refractivity contribution >= 4 is 38.6 Å². The van der Waals surface area contributed by atoms with Crippen molar-refractivity contribution in [3.05, 3.63) is 58.1 Å². The number of hydrogen-bond acceptors (Lipinski definition) is 1. The van der Waals surface area contributed by atoms with Gasteiger partial charge in [0.1, 0.15) is 11.6 Å². The number of aryl methyl sites for hydroxylation is 2. The Morgan fingerprint density at radius 3 is 2.76 bits per heavy atom. The highest BCUT2D eigenvalue weighted by atomic mass is 79.9. The average Bonchev–Trinajstić information content (AvgIpc) is 2.78. The van der Waals surface area contributed by atoms with Gasteiger partial charge in [-0.1, -0.05) is 12.1 Å². The van der Waals surface area contributed by atoms with E-state index in [1.54, 1.807) is 6.92 Å². The molecule has 3 aromatic rings. The van der Waals surface area contributed by atoms with Gasteiger partial charge in [0.25, 0.3) is 0 Å². The summed E-state index contributed by atoms with van der Waals surface area (Å²) in [5.74, 6) is 1.06. The first kappa shape index (κ1) is 14.5. The molecule has 0 atom stereocenters. The molecule has 1 heterocycles. The quantitative estimate of drug-likeness (QED) is 0.595. The first-order valence-corrected chi connectivity index (χ1v) is 7.93. The van der Waals surface area contributed by atoms with Crippen molar-refractivity contribution in [3.63, 3.8) is 0 Å². The lowest BCUT2D eigenvalue weighted by Crippen LogP contribution is -2.03. The molecule has 0 saturated carbocycles. The Morgan fingerprint density at radius 2 is 2.05 bits per heavy atom. The van der Waals surface area contributed by atoms with Crippen molar-refractivity contribution in [2.24, 2.45) is 0 Å². The Kier molecular flexibility index (Phi) is 4.00. The summed E-state index contributed by atoms with van der Waals surface area (Å²) in [6.45, 7) is 1.76. The standard InChI is InChI=1S/C16H13BrClFN2/c1-10-8-15-13(9-12(10)19)20-16(6-7-18)21(15)14-5-3-2-4-11(14)17/h2-5,8-9H,6-7H2,1H3. The largest absolute Gasteiger partial charge is 0.295 e. The maximum atomic E-state index is 13.8. The van der Waals surface area contributed by atoms with Crippen LogP contribution in [0.15, 0.2) is 40.9 Å². The van der Waals surface area contributed by atoms with Crippen LogP contribution >= 0.6 is 27.5 Å². The molecule has 0 unspecified atom stereocenters. The van der Waals surface area contributed by atoms with Gasteiger partial charge in [-0.2, -0.15) is 0 Å². The highest BCUT2D eigenvalue weighted by Crippen LogP contribution is 2.28.